The molecule has 1 aromatic carbocycles. The number of nitrogens with zero attached hydrogens (tertiary/aromatic N) is 1. The van der Waals surface area contributed by atoms with Gasteiger partial charge in [-0.05, 0) is 146 Å². The van der Waals surface area contributed by atoms with Gasteiger partial charge in [-0.3, -0.25) is 9.69 Å². The summed E-state index contributed by atoms with van der Waals surface area (Å²) in [5.41, 5.74) is 4.82. The molecule has 2 aliphatic heterocycles. The fraction of sp³-hybridized carbons (Fsp3) is 0.727. The lowest BCUT2D eigenvalue weighted by molar-refractivity contribution is -0.219. The summed E-state index contributed by atoms with van der Waals surface area (Å²) in [6.07, 6.45) is 13.4. The molecule has 0 radical (unpaired) electrons. The van der Waals surface area contributed by atoms with Gasteiger partial charge < -0.3 is 10.1 Å². The van der Waals surface area contributed by atoms with Crippen LogP contribution < -0.4 is 5.32 Å². The number of likely N-dealkylation sites (tertiary alicyclic amines) is 1. The van der Waals surface area contributed by atoms with E-state index in [0.29, 0.717) is 54.7 Å². The number of amides is 1. The van der Waals surface area contributed by atoms with Gasteiger partial charge in [-0.25, -0.2) is 13.2 Å². The van der Waals surface area contributed by atoms with Crippen LogP contribution in [-0.4, -0.2) is 68.0 Å². The van der Waals surface area contributed by atoms with E-state index in [-0.39, 0.29) is 56.1 Å². The molecule has 284 valence electrons. The zero-order chi connectivity index (χ0) is 37.2. The van der Waals surface area contributed by atoms with E-state index in [2.05, 4.69) is 76.5 Å². The van der Waals surface area contributed by atoms with Crippen molar-refractivity contribution in [1.29, 1.82) is 0 Å². The van der Waals surface area contributed by atoms with Crippen LogP contribution in [0.3, 0.4) is 0 Å². The van der Waals surface area contributed by atoms with E-state index in [4.69, 9.17) is 4.74 Å². The van der Waals surface area contributed by atoms with Crippen molar-refractivity contribution >= 4 is 27.3 Å². The lowest BCUT2D eigenvalue weighted by Gasteiger charge is -2.72. The molecule has 11 atom stereocenters. The molecule has 2 heterocycles. The molecule has 1 aromatic rings. The maximum Gasteiger partial charge on any atom is 0.337 e. The Bertz CT molecular complexity index is 1820. The summed E-state index contributed by atoms with van der Waals surface area (Å²) in [6.45, 7) is 20.4. The molecule has 0 spiro atoms. The number of fused-ring (bicyclic) bond motifs is 9. The monoisotopic (exact) mass is 730 g/mol. The number of methoxy groups -OCH3 is 1. The highest BCUT2D eigenvalue weighted by Gasteiger charge is 2.70. The number of benzene rings is 1. The van der Waals surface area contributed by atoms with Crippen molar-refractivity contribution in [2.45, 2.75) is 123 Å². The molecular weight excluding hydrogens is 669 g/mol. The number of hydrogen-bond donors (Lipinski definition) is 1. The molecule has 52 heavy (non-hydrogen) atoms. The van der Waals surface area contributed by atoms with Crippen LogP contribution >= 0.6 is 0 Å². The van der Waals surface area contributed by atoms with Crippen molar-refractivity contribution in [3.05, 3.63) is 53.6 Å². The van der Waals surface area contributed by atoms with Crippen molar-refractivity contribution in [3.8, 4) is 0 Å². The van der Waals surface area contributed by atoms with Gasteiger partial charge in [-0.15, -0.1) is 0 Å². The average Bonchev–Trinajstić information content (AvgIpc) is 3.75. The number of sulfone groups is 1. The first-order valence-corrected chi connectivity index (χ1v) is 21.9. The SMILES string of the molecule is C=C(C)[C@@H]1CC[C@]2(NC(=O)CN3C[C@@H]4CC3CS4(=O)=O)CC[C@]3(C)[C@H](CC[C@@H]4[C@@]5(C)CC=C(c6ccc(C(=O)OC)cc6)C(C)(C)[C@@H]5CC[C@]43C)[C@@H]12. The zero-order valence-electron chi connectivity index (χ0n) is 32.7. The Morgan fingerprint density at radius 3 is 2.31 bits per heavy atom. The number of carbonyl (C=O) groups is 2. The Hall–Kier alpha value is -2.45. The number of ether oxygens (including phenoxy) is 1. The molecule has 5 aliphatic carbocycles. The van der Waals surface area contributed by atoms with Crippen LogP contribution in [0.5, 0.6) is 0 Å². The fourth-order valence-corrected chi connectivity index (χ4v) is 16.9. The fourth-order valence-electron chi connectivity index (χ4n) is 14.8. The van der Waals surface area contributed by atoms with E-state index >= 15 is 0 Å². The van der Waals surface area contributed by atoms with E-state index in [1.165, 1.54) is 49.5 Å². The molecule has 8 heteroatoms. The van der Waals surface area contributed by atoms with Gasteiger partial charge in [0.1, 0.15) is 0 Å². The Morgan fingerprint density at radius 2 is 1.67 bits per heavy atom. The highest BCUT2D eigenvalue weighted by atomic mass is 32.2. The number of carbonyl (C=O) groups excluding carboxylic acids is 2. The molecule has 7 nitrogen and oxygen atoms in total. The van der Waals surface area contributed by atoms with Crippen LogP contribution in [0.25, 0.3) is 5.57 Å². The van der Waals surface area contributed by atoms with Gasteiger partial charge in [-0.2, -0.15) is 0 Å². The Labute approximate surface area is 312 Å². The minimum atomic E-state index is -2.99. The summed E-state index contributed by atoms with van der Waals surface area (Å²) in [6, 6.07) is 8.01. The first-order chi connectivity index (χ1) is 24.4. The first kappa shape index (κ1) is 36.5. The van der Waals surface area contributed by atoms with Crippen molar-refractivity contribution in [1.82, 2.24) is 10.2 Å². The molecule has 1 amide bonds. The predicted octanol–water partition coefficient (Wildman–Crippen LogP) is 7.86. The first-order valence-electron chi connectivity index (χ1n) is 20.2. The van der Waals surface area contributed by atoms with Gasteiger partial charge in [0.05, 0.1) is 30.2 Å². The van der Waals surface area contributed by atoms with Crippen molar-refractivity contribution in [3.63, 3.8) is 0 Å². The molecule has 8 rings (SSSR count). The Morgan fingerprint density at radius 1 is 0.942 bits per heavy atom. The van der Waals surface area contributed by atoms with Gasteiger partial charge in [-0.1, -0.05) is 65.0 Å². The third kappa shape index (κ3) is 5.07. The quantitative estimate of drug-likeness (QED) is 0.237. The Balaban J connectivity index is 1.06. The van der Waals surface area contributed by atoms with Gasteiger partial charge in [0.15, 0.2) is 9.84 Å². The highest BCUT2D eigenvalue weighted by molar-refractivity contribution is 7.92. The summed E-state index contributed by atoms with van der Waals surface area (Å²) in [7, 11) is -1.56. The Kier molecular flexibility index (Phi) is 8.44. The summed E-state index contributed by atoms with van der Waals surface area (Å²) >= 11 is 0. The van der Waals surface area contributed by atoms with E-state index in [9.17, 15) is 18.0 Å². The molecule has 7 aliphatic rings. The van der Waals surface area contributed by atoms with Crippen LogP contribution in [0.1, 0.15) is 122 Å². The summed E-state index contributed by atoms with van der Waals surface area (Å²) in [4.78, 5) is 28.2. The van der Waals surface area contributed by atoms with Crippen LogP contribution in [0.4, 0.5) is 0 Å². The second kappa shape index (κ2) is 12.0. The third-order valence-corrected chi connectivity index (χ3v) is 19.6. The smallest absolute Gasteiger partial charge is 0.337 e. The van der Waals surface area contributed by atoms with Crippen molar-refractivity contribution in [2.75, 3.05) is 26.0 Å². The maximum atomic E-state index is 13.9. The minimum absolute atomic E-state index is 0.000389. The van der Waals surface area contributed by atoms with E-state index < -0.39 is 9.84 Å². The summed E-state index contributed by atoms with van der Waals surface area (Å²) < 4.78 is 29.8. The standard InChI is InChI=1S/C44H62N2O5S/c1-27(2)32-15-20-44(45-37(47)25-46-24-31-23-30(46)26-52(31,49)50)22-21-42(6)34(38(32)44)13-14-36-41(5)18-16-33(28-9-11-29(12-10-28)39(48)51-8)40(3,4)35(41)17-19-43(36,42)7/h9-12,16,30-32,34-36,38H,1,13-15,17-26H2,2-8H3,(H,45,47)/t30?,31-,32-,34+,35-,36+,38+,41-,42+,43+,44-/m0/s1. The lowest BCUT2D eigenvalue weighted by Crippen LogP contribution is -2.68. The summed E-state index contributed by atoms with van der Waals surface area (Å²) in [5, 5.41) is 3.42. The number of allylic oxidation sites excluding steroid dienone is 3. The van der Waals surface area contributed by atoms with Crippen LogP contribution in [-0.2, 0) is 19.4 Å². The average molecular weight is 731 g/mol. The third-order valence-electron chi connectivity index (χ3n) is 17.4. The van der Waals surface area contributed by atoms with Gasteiger partial charge in [0.2, 0.25) is 5.91 Å². The topological polar surface area (TPSA) is 92.8 Å². The minimum Gasteiger partial charge on any atom is -0.465 e. The van der Waals surface area contributed by atoms with Crippen LogP contribution in [0.2, 0.25) is 0 Å². The maximum absolute atomic E-state index is 13.9. The lowest BCUT2D eigenvalue weighted by atomic mass is 9.33. The largest absolute Gasteiger partial charge is 0.465 e. The van der Waals surface area contributed by atoms with Gasteiger partial charge in [0.25, 0.3) is 0 Å². The zero-order valence-corrected chi connectivity index (χ0v) is 33.5. The molecule has 1 unspecified atom stereocenters. The molecule has 2 saturated heterocycles. The van der Waals surface area contributed by atoms with Gasteiger partial charge in [0, 0.05) is 18.1 Å². The summed E-state index contributed by atoms with van der Waals surface area (Å²) in [5.74, 6) is 2.49. The molecule has 1 N–H and O–H groups in total. The van der Waals surface area contributed by atoms with Crippen LogP contribution in [0, 0.1) is 51.2 Å². The predicted molar refractivity (Wildman–Crippen MR) is 206 cm³/mol. The van der Waals surface area contributed by atoms with Crippen molar-refractivity contribution < 1.29 is 22.7 Å². The van der Waals surface area contributed by atoms with Crippen molar-refractivity contribution in [2.24, 2.45) is 51.2 Å². The number of esters is 1. The normalized spacial score (nSPS) is 44.1. The second-order valence-corrected chi connectivity index (χ2v) is 22.1. The molecular formula is C44H62N2O5S. The second-order valence-electron chi connectivity index (χ2n) is 19.8. The van der Waals surface area contributed by atoms with E-state index in [0.717, 1.165) is 32.1 Å². The number of rotatable bonds is 6. The molecule has 4 saturated carbocycles. The highest BCUT2D eigenvalue weighted by Crippen LogP contribution is 2.76. The van der Waals surface area contributed by atoms with Crippen LogP contribution in [0.15, 0.2) is 42.5 Å². The van der Waals surface area contributed by atoms with E-state index in [1.54, 1.807) is 0 Å². The molecule has 2 bridgehead atoms. The number of hydrogen-bond acceptors (Lipinski definition) is 6. The van der Waals surface area contributed by atoms with E-state index in [1.807, 2.05) is 12.1 Å². The number of nitrogens with one attached hydrogen (secondary N) is 1. The molecule has 6 fully saturated rings. The van der Waals surface area contributed by atoms with Gasteiger partial charge >= 0.3 is 5.97 Å². The molecule has 0 aromatic heterocycles.